The van der Waals surface area contributed by atoms with Crippen molar-refractivity contribution < 1.29 is 22.6 Å². The number of nitrogens with one attached hydrogen (secondary N) is 1. The number of methoxy groups -OCH3 is 2. The van der Waals surface area contributed by atoms with Gasteiger partial charge in [0.2, 0.25) is 0 Å². The number of nitrogens with zero attached hydrogens (tertiary/aromatic N) is 2. The van der Waals surface area contributed by atoms with E-state index < -0.39 is 11.9 Å². The Morgan fingerprint density at radius 1 is 1.09 bits per heavy atom. The van der Waals surface area contributed by atoms with Crippen LogP contribution in [0, 0.1) is 0 Å². The first-order valence-corrected chi connectivity index (χ1v) is 6.40. The van der Waals surface area contributed by atoms with Crippen LogP contribution in [0.25, 0.3) is 0 Å². The number of alkyl halides is 3. The van der Waals surface area contributed by atoms with Crippen LogP contribution in [0.15, 0.2) is 24.3 Å². The molecule has 0 aliphatic rings. The van der Waals surface area contributed by atoms with Crippen molar-refractivity contribution in [3.05, 3.63) is 35.7 Å². The molecule has 0 radical (unpaired) electrons. The van der Waals surface area contributed by atoms with E-state index in [4.69, 9.17) is 9.47 Å². The van der Waals surface area contributed by atoms with Crippen LogP contribution in [-0.4, -0.2) is 24.0 Å². The molecule has 5 nitrogen and oxygen atoms in total. The lowest BCUT2D eigenvalue weighted by Crippen LogP contribution is -2.07. The van der Waals surface area contributed by atoms with Gasteiger partial charge in [-0.15, -0.1) is 0 Å². The van der Waals surface area contributed by atoms with Crippen LogP contribution in [0.3, 0.4) is 0 Å². The number of ether oxygens (including phenoxy) is 2. The predicted molar refractivity (Wildman–Crippen MR) is 75.1 cm³/mol. The third-order valence-corrected chi connectivity index (χ3v) is 3.09. The Labute approximate surface area is 125 Å². The van der Waals surface area contributed by atoms with Crippen LogP contribution < -0.4 is 14.8 Å². The average molecular weight is 315 g/mol. The maximum Gasteiger partial charge on any atom is 0.435 e. The molecule has 1 aromatic carbocycles. The first kappa shape index (κ1) is 16.0. The van der Waals surface area contributed by atoms with E-state index in [-0.39, 0.29) is 6.54 Å². The minimum absolute atomic E-state index is 0.190. The molecule has 1 heterocycles. The van der Waals surface area contributed by atoms with Crippen LogP contribution in [0.2, 0.25) is 0 Å². The molecular formula is C14H16F3N3O2. The molecule has 2 aromatic rings. The molecule has 2 rings (SSSR count). The SMILES string of the molecule is COc1cc(NCc2cc(C(F)(F)F)nn2C)cc(OC)c1. The minimum atomic E-state index is -4.45. The van der Waals surface area contributed by atoms with Gasteiger partial charge in [-0.1, -0.05) is 0 Å². The van der Waals surface area contributed by atoms with Gasteiger partial charge in [-0.3, -0.25) is 4.68 Å². The Kier molecular flexibility index (Phi) is 4.48. The van der Waals surface area contributed by atoms with Gasteiger partial charge in [-0.2, -0.15) is 18.3 Å². The smallest absolute Gasteiger partial charge is 0.435 e. The van der Waals surface area contributed by atoms with Crippen molar-refractivity contribution in [2.45, 2.75) is 12.7 Å². The first-order valence-electron chi connectivity index (χ1n) is 6.40. The highest BCUT2D eigenvalue weighted by molar-refractivity contribution is 5.53. The summed E-state index contributed by atoms with van der Waals surface area (Å²) in [6, 6.07) is 6.18. The summed E-state index contributed by atoms with van der Waals surface area (Å²) < 4.78 is 49.3. The van der Waals surface area contributed by atoms with Gasteiger partial charge < -0.3 is 14.8 Å². The van der Waals surface area contributed by atoms with Gasteiger partial charge in [0.15, 0.2) is 5.69 Å². The van der Waals surface area contributed by atoms with E-state index in [1.54, 1.807) is 18.2 Å². The summed E-state index contributed by atoms with van der Waals surface area (Å²) in [4.78, 5) is 0. The number of benzene rings is 1. The van der Waals surface area contributed by atoms with Gasteiger partial charge in [0.25, 0.3) is 0 Å². The lowest BCUT2D eigenvalue weighted by Gasteiger charge is -2.10. The van der Waals surface area contributed by atoms with Crippen molar-refractivity contribution in [2.75, 3.05) is 19.5 Å². The molecule has 0 spiro atoms. The molecule has 0 bridgehead atoms. The number of aryl methyl sites for hydroxylation is 1. The minimum Gasteiger partial charge on any atom is -0.497 e. The fraction of sp³-hybridized carbons (Fsp3) is 0.357. The Morgan fingerprint density at radius 2 is 1.68 bits per heavy atom. The maximum absolute atomic E-state index is 12.6. The quantitative estimate of drug-likeness (QED) is 0.921. The van der Waals surface area contributed by atoms with Gasteiger partial charge in [-0.05, 0) is 6.07 Å². The van der Waals surface area contributed by atoms with E-state index in [0.29, 0.717) is 22.9 Å². The van der Waals surface area contributed by atoms with Gasteiger partial charge in [0, 0.05) is 30.9 Å². The van der Waals surface area contributed by atoms with E-state index in [9.17, 15) is 13.2 Å². The second-order valence-electron chi connectivity index (χ2n) is 4.60. The molecule has 0 saturated heterocycles. The van der Waals surface area contributed by atoms with Gasteiger partial charge in [0.1, 0.15) is 11.5 Å². The number of hydrogen-bond acceptors (Lipinski definition) is 4. The monoisotopic (exact) mass is 315 g/mol. The number of halogens is 3. The van der Waals surface area contributed by atoms with Gasteiger partial charge >= 0.3 is 6.18 Å². The molecule has 0 aliphatic carbocycles. The van der Waals surface area contributed by atoms with Crippen molar-refractivity contribution in [1.82, 2.24) is 9.78 Å². The highest BCUT2D eigenvalue weighted by Gasteiger charge is 2.34. The average Bonchev–Trinajstić information content (AvgIpc) is 2.86. The van der Waals surface area contributed by atoms with E-state index in [1.165, 1.54) is 25.9 Å². The van der Waals surface area contributed by atoms with E-state index in [2.05, 4.69) is 10.4 Å². The molecule has 1 aromatic heterocycles. The Bertz CT molecular complexity index is 631. The second kappa shape index (κ2) is 6.17. The summed E-state index contributed by atoms with van der Waals surface area (Å²) in [5, 5.41) is 6.49. The molecule has 0 aliphatic heterocycles. The number of rotatable bonds is 5. The molecule has 0 unspecified atom stereocenters. The zero-order valence-electron chi connectivity index (χ0n) is 12.4. The highest BCUT2D eigenvalue weighted by Crippen LogP contribution is 2.29. The number of aromatic nitrogens is 2. The second-order valence-corrected chi connectivity index (χ2v) is 4.60. The third-order valence-electron chi connectivity index (χ3n) is 3.09. The molecular weight excluding hydrogens is 299 g/mol. The standard InChI is InChI=1S/C14H16F3N3O2/c1-20-10(6-13(19-20)14(15,16)17)8-18-9-4-11(21-2)7-12(5-9)22-3/h4-7,18H,8H2,1-3H3. The summed E-state index contributed by atoms with van der Waals surface area (Å²) in [6.45, 7) is 0.190. The fourth-order valence-electron chi connectivity index (χ4n) is 1.91. The highest BCUT2D eigenvalue weighted by atomic mass is 19.4. The Morgan fingerprint density at radius 3 is 2.14 bits per heavy atom. The van der Waals surface area contributed by atoms with E-state index in [1.807, 2.05) is 0 Å². The summed E-state index contributed by atoms with van der Waals surface area (Å²) in [5.74, 6) is 1.17. The summed E-state index contributed by atoms with van der Waals surface area (Å²) in [5.41, 5.74) is 0.176. The topological polar surface area (TPSA) is 48.3 Å². The third kappa shape index (κ3) is 3.63. The van der Waals surface area contributed by atoms with Crippen LogP contribution in [0.4, 0.5) is 18.9 Å². The van der Waals surface area contributed by atoms with Crippen LogP contribution in [0.1, 0.15) is 11.4 Å². The summed E-state index contributed by atoms with van der Waals surface area (Å²) in [7, 11) is 4.52. The molecule has 0 fully saturated rings. The zero-order chi connectivity index (χ0) is 16.3. The lowest BCUT2D eigenvalue weighted by molar-refractivity contribution is -0.141. The van der Waals surface area contributed by atoms with Crippen LogP contribution in [0.5, 0.6) is 11.5 Å². The maximum atomic E-state index is 12.6. The molecule has 120 valence electrons. The van der Waals surface area contributed by atoms with Crippen LogP contribution in [-0.2, 0) is 19.8 Å². The molecule has 0 amide bonds. The normalized spacial score (nSPS) is 11.4. The largest absolute Gasteiger partial charge is 0.497 e. The van der Waals surface area contributed by atoms with Crippen molar-refractivity contribution in [2.24, 2.45) is 7.05 Å². The fourth-order valence-corrected chi connectivity index (χ4v) is 1.91. The van der Waals surface area contributed by atoms with Crippen LogP contribution >= 0.6 is 0 Å². The van der Waals surface area contributed by atoms with Crippen molar-refractivity contribution in [3.63, 3.8) is 0 Å². The predicted octanol–water partition coefficient (Wildman–Crippen LogP) is 3.07. The summed E-state index contributed by atoms with van der Waals surface area (Å²) in [6.07, 6.45) is -4.45. The first-order chi connectivity index (χ1) is 10.3. The Hall–Kier alpha value is -2.38. The molecule has 22 heavy (non-hydrogen) atoms. The molecule has 8 heteroatoms. The zero-order valence-corrected chi connectivity index (χ0v) is 12.4. The number of hydrogen-bond donors (Lipinski definition) is 1. The van der Waals surface area contributed by atoms with E-state index >= 15 is 0 Å². The van der Waals surface area contributed by atoms with Crippen molar-refractivity contribution in [1.29, 1.82) is 0 Å². The van der Waals surface area contributed by atoms with E-state index in [0.717, 1.165) is 6.07 Å². The van der Waals surface area contributed by atoms with Gasteiger partial charge in [-0.25, -0.2) is 0 Å². The lowest BCUT2D eigenvalue weighted by atomic mass is 10.2. The van der Waals surface area contributed by atoms with Gasteiger partial charge in [0.05, 0.1) is 26.5 Å². The molecule has 0 atom stereocenters. The van der Waals surface area contributed by atoms with Crippen molar-refractivity contribution >= 4 is 5.69 Å². The molecule has 0 saturated carbocycles. The number of anilines is 1. The summed E-state index contributed by atoms with van der Waals surface area (Å²) >= 11 is 0. The Balaban J connectivity index is 2.15. The molecule has 1 N–H and O–H groups in total. The van der Waals surface area contributed by atoms with Crippen molar-refractivity contribution in [3.8, 4) is 11.5 Å².